The van der Waals surface area contributed by atoms with Gasteiger partial charge in [0.2, 0.25) is 11.0 Å². The summed E-state index contributed by atoms with van der Waals surface area (Å²) in [5.41, 5.74) is 2.39. The molecule has 0 fully saturated rings. The molecule has 128 valence electrons. The molecule has 1 N–H and O–H groups in total. The molecular formula is C18H23N3OS2. The first-order valence-corrected chi connectivity index (χ1v) is 9.53. The fraction of sp³-hybridized carbons (Fsp3) is 0.389. The van der Waals surface area contributed by atoms with Gasteiger partial charge < -0.3 is 0 Å². The molecule has 0 saturated heterocycles. The first-order valence-electron chi connectivity index (χ1n) is 7.84. The molecule has 2 aromatic rings. The molecule has 0 aliphatic carbocycles. The topological polar surface area (TPSA) is 54.9 Å². The lowest BCUT2D eigenvalue weighted by molar-refractivity contribution is -0.111. The number of benzene rings is 1. The Balaban J connectivity index is 1.94. The molecule has 0 bridgehead atoms. The van der Waals surface area contributed by atoms with Crippen LogP contribution in [0.25, 0.3) is 6.08 Å². The van der Waals surface area contributed by atoms with E-state index in [0.717, 1.165) is 9.90 Å². The second-order valence-corrected chi connectivity index (χ2v) is 9.54. The van der Waals surface area contributed by atoms with Crippen molar-refractivity contribution in [3.8, 4) is 0 Å². The summed E-state index contributed by atoms with van der Waals surface area (Å²) in [6.45, 7) is 10.7. The molecular weight excluding hydrogens is 338 g/mol. The standard InChI is InChI=1S/C18H23N3OS2/c1-12(2)23-17-21-20-16(24-17)19-15(22)11-8-13-6-9-14(10-7-13)18(3,4)5/h6-12H,1-5H3,(H,19,20,22)/b11-8+. The number of carbonyl (C=O) groups is 1. The second kappa shape index (κ2) is 7.94. The van der Waals surface area contributed by atoms with Crippen LogP contribution in [-0.4, -0.2) is 21.4 Å². The predicted octanol–water partition coefficient (Wildman–Crippen LogP) is 4.99. The Bertz CT molecular complexity index is 713. The van der Waals surface area contributed by atoms with Gasteiger partial charge in [-0.25, -0.2) is 0 Å². The highest BCUT2D eigenvalue weighted by atomic mass is 32.2. The monoisotopic (exact) mass is 361 g/mol. The number of nitrogens with one attached hydrogen (secondary N) is 1. The molecule has 0 radical (unpaired) electrons. The van der Waals surface area contributed by atoms with Gasteiger partial charge in [0, 0.05) is 11.3 Å². The third kappa shape index (κ3) is 5.76. The smallest absolute Gasteiger partial charge is 0.250 e. The highest BCUT2D eigenvalue weighted by Crippen LogP contribution is 2.28. The van der Waals surface area contributed by atoms with Crippen LogP contribution < -0.4 is 5.32 Å². The van der Waals surface area contributed by atoms with E-state index in [1.54, 1.807) is 17.8 Å². The van der Waals surface area contributed by atoms with Gasteiger partial charge in [0.05, 0.1) is 0 Å². The van der Waals surface area contributed by atoms with Crippen molar-refractivity contribution in [2.45, 2.75) is 49.6 Å². The van der Waals surface area contributed by atoms with Crippen LogP contribution in [0.1, 0.15) is 45.7 Å². The van der Waals surface area contributed by atoms with Gasteiger partial charge >= 0.3 is 0 Å². The second-order valence-electron chi connectivity index (χ2n) is 6.73. The zero-order valence-electron chi connectivity index (χ0n) is 14.7. The van der Waals surface area contributed by atoms with Gasteiger partial charge in [-0.15, -0.1) is 10.2 Å². The number of thioether (sulfide) groups is 1. The van der Waals surface area contributed by atoms with E-state index in [2.05, 4.69) is 62.3 Å². The van der Waals surface area contributed by atoms with Crippen molar-refractivity contribution in [3.63, 3.8) is 0 Å². The molecule has 0 spiro atoms. The Morgan fingerprint density at radius 2 is 1.88 bits per heavy atom. The molecule has 0 saturated carbocycles. The Labute approximate surface area is 151 Å². The van der Waals surface area contributed by atoms with E-state index in [-0.39, 0.29) is 11.3 Å². The van der Waals surface area contributed by atoms with Crippen LogP contribution >= 0.6 is 23.1 Å². The number of anilines is 1. The lowest BCUT2D eigenvalue weighted by Gasteiger charge is -2.18. The normalized spacial score (nSPS) is 12.1. The molecule has 4 nitrogen and oxygen atoms in total. The van der Waals surface area contributed by atoms with Crippen LogP contribution in [0.4, 0.5) is 5.13 Å². The molecule has 6 heteroatoms. The quantitative estimate of drug-likeness (QED) is 0.463. The van der Waals surface area contributed by atoms with Crippen LogP contribution in [0.2, 0.25) is 0 Å². The molecule has 0 atom stereocenters. The highest BCUT2D eigenvalue weighted by molar-refractivity contribution is 8.01. The first kappa shape index (κ1) is 18.7. The molecule has 1 aromatic heterocycles. The van der Waals surface area contributed by atoms with Crippen molar-refractivity contribution < 1.29 is 4.79 Å². The molecule has 1 amide bonds. The SMILES string of the molecule is CC(C)Sc1nnc(NC(=O)/C=C/c2ccc(C(C)(C)C)cc2)s1. The maximum Gasteiger partial charge on any atom is 0.250 e. The Hall–Kier alpha value is -1.66. The summed E-state index contributed by atoms with van der Waals surface area (Å²) in [6, 6.07) is 8.23. The van der Waals surface area contributed by atoms with Gasteiger partial charge in [-0.3, -0.25) is 10.1 Å². The number of carbonyl (C=O) groups excluding carboxylic acids is 1. The lowest BCUT2D eigenvalue weighted by atomic mass is 9.87. The van der Waals surface area contributed by atoms with Crippen LogP contribution in [0.3, 0.4) is 0 Å². The zero-order valence-corrected chi connectivity index (χ0v) is 16.3. The van der Waals surface area contributed by atoms with E-state index in [9.17, 15) is 4.79 Å². The van der Waals surface area contributed by atoms with Crippen LogP contribution in [-0.2, 0) is 10.2 Å². The molecule has 24 heavy (non-hydrogen) atoms. The number of hydrogen-bond acceptors (Lipinski definition) is 5. The molecule has 0 aliphatic rings. The summed E-state index contributed by atoms with van der Waals surface area (Å²) in [4.78, 5) is 12.0. The lowest BCUT2D eigenvalue weighted by Crippen LogP contribution is -2.10. The summed E-state index contributed by atoms with van der Waals surface area (Å²) in [6.07, 6.45) is 3.31. The molecule has 2 rings (SSSR count). The van der Waals surface area contributed by atoms with Crippen molar-refractivity contribution in [2.24, 2.45) is 0 Å². The van der Waals surface area contributed by atoms with E-state index in [1.807, 2.05) is 12.1 Å². The van der Waals surface area contributed by atoms with E-state index in [0.29, 0.717) is 10.4 Å². The van der Waals surface area contributed by atoms with E-state index >= 15 is 0 Å². The van der Waals surface area contributed by atoms with Crippen molar-refractivity contribution in [2.75, 3.05) is 5.32 Å². The largest absolute Gasteiger partial charge is 0.297 e. The minimum absolute atomic E-state index is 0.128. The van der Waals surface area contributed by atoms with Crippen molar-refractivity contribution >= 4 is 40.2 Å². The van der Waals surface area contributed by atoms with Gasteiger partial charge in [-0.1, -0.05) is 82.0 Å². The van der Waals surface area contributed by atoms with Gasteiger partial charge in [0.15, 0.2) is 4.34 Å². The Morgan fingerprint density at radius 1 is 1.21 bits per heavy atom. The van der Waals surface area contributed by atoms with Crippen LogP contribution in [0.15, 0.2) is 34.7 Å². The van der Waals surface area contributed by atoms with Gasteiger partial charge in [-0.05, 0) is 22.6 Å². The van der Waals surface area contributed by atoms with Crippen molar-refractivity contribution in [1.82, 2.24) is 10.2 Å². The summed E-state index contributed by atoms with van der Waals surface area (Å²) < 4.78 is 0.863. The minimum Gasteiger partial charge on any atom is -0.297 e. The third-order valence-electron chi connectivity index (χ3n) is 3.18. The van der Waals surface area contributed by atoms with E-state index in [4.69, 9.17) is 0 Å². The minimum atomic E-state index is -0.202. The fourth-order valence-electron chi connectivity index (χ4n) is 1.92. The summed E-state index contributed by atoms with van der Waals surface area (Å²) in [5.74, 6) is -0.202. The summed E-state index contributed by atoms with van der Waals surface area (Å²) >= 11 is 3.03. The van der Waals surface area contributed by atoms with Crippen molar-refractivity contribution in [3.05, 3.63) is 41.5 Å². The maximum atomic E-state index is 12.0. The third-order valence-corrected chi connectivity index (χ3v) is 5.10. The number of hydrogen-bond donors (Lipinski definition) is 1. The van der Waals surface area contributed by atoms with Crippen molar-refractivity contribution in [1.29, 1.82) is 0 Å². The van der Waals surface area contributed by atoms with Gasteiger partial charge in [0.25, 0.3) is 0 Å². The first-order chi connectivity index (χ1) is 11.2. The predicted molar refractivity (Wildman–Crippen MR) is 104 cm³/mol. The average molecular weight is 362 g/mol. The molecule has 1 heterocycles. The number of aromatic nitrogens is 2. The number of amides is 1. The summed E-state index contributed by atoms with van der Waals surface area (Å²) in [5, 5.41) is 11.8. The summed E-state index contributed by atoms with van der Waals surface area (Å²) in [7, 11) is 0. The maximum absolute atomic E-state index is 12.0. The van der Waals surface area contributed by atoms with Crippen LogP contribution in [0, 0.1) is 0 Å². The molecule has 0 aliphatic heterocycles. The Kier molecular flexibility index (Phi) is 6.18. The average Bonchev–Trinajstić information content (AvgIpc) is 2.91. The van der Waals surface area contributed by atoms with Gasteiger partial charge in [0.1, 0.15) is 0 Å². The van der Waals surface area contributed by atoms with Gasteiger partial charge in [-0.2, -0.15) is 0 Å². The van der Waals surface area contributed by atoms with Crippen LogP contribution in [0.5, 0.6) is 0 Å². The zero-order chi connectivity index (χ0) is 17.7. The number of nitrogens with zero attached hydrogens (tertiary/aromatic N) is 2. The number of rotatable bonds is 5. The van der Waals surface area contributed by atoms with E-state index < -0.39 is 0 Å². The van der Waals surface area contributed by atoms with E-state index in [1.165, 1.54) is 23.0 Å². The highest BCUT2D eigenvalue weighted by Gasteiger charge is 2.12. The molecule has 0 unspecified atom stereocenters. The fourth-order valence-corrected chi connectivity index (χ4v) is 3.90. The Morgan fingerprint density at radius 3 is 2.46 bits per heavy atom. The molecule has 1 aromatic carbocycles.